The summed E-state index contributed by atoms with van der Waals surface area (Å²) in [6.45, 7) is 6.74. The van der Waals surface area contributed by atoms with Crippen LogP contribution in [0.5, 0.6) is 5.75 Å². The molecule has 2 aromatic heterocycles. The number of nitrogen functional groups attached to an aromatic ring is 1. The lowest BCUT2D eigenvalue weighted by atomic mass is 10.1. The number of anilines is 2. The zero-order chi connectivity index (χ0) is 36.9. The molecule has 3 heterocycles. The van der Waals surface area contributed by atoms with Crippen LogP contribution in [0.15, 0.2) is 30.5 Å². The molecule has 0 aliphatic carbocycles. The zero-order valence-corrected chi connectivity index (χ0v) is 30.2. The van der Waals surface area contributed by atoms with Gasteiger partial charge in [0.25, 0.3) is 0 Å². The van der Waals surface area contributed by atoms with Crippen LogP contribution in [-0.4, -0.2) is 115 Å². The number of ether oxygens (including phenoxy) is 1. The van der Waals surface area contributed by atoms with Crippen molar-refractivity contribution in [1.82, 2.24) is 24.3 Å². The summed E-state index contributed by atoms with van der Waals surface area (Å²) >= 11 is 0.934. The summed E-state index contributed by atoms with van der Waals surface area (Å²) in [5, 5.41) is 20.7. The normalized spacial score (nSPS) is 14.7. The second-order valence-corrected chi connectivity index (χ2v) is 14.0. The Morgan fingerprint density at radius 1 is 1.02 bits per heavy atom. The summed E-state index contributed by atoms with van der Waals surface area (Å²) in [6, 6.07) is 6.94. The van der Waals surface area contributed by atoms with Crippen LogP contribution in [0.1, 0.15) is 63.0 Å². The number of Topliss-reactive ketones (excluding diaryl/α,β-unsaturated/α-hetero) is 1. The first-order valence-corrected chi connectivity index (χ1v) is 18.4. The van der Waals surface area contributed by atoms with Gasteiger partial charge >= 0.3 is 11.9 Å². The van der Waals surface area contributed by atoms with Gasteiger partial charge in [0.2, 0.25) is 11.9 Å². The van der Waals surface area contributed by atoms with Crippen LogP contribution in [-0.2, 0) is 32.3 Å². The number of carboxylic acid groups (broad SMARTS) is 2. The molecule has 0 spiro atoms. The Hall–Kier alpha value is -4.41. The first-order valence-electron chi connectivity index (χ1n) is 17.4. The van der Waals surface area contributed by atoms with Crippen LogP contribution >= 0.6 is 11.8 Å². The number of nitrogens with zero attached hydrogens (tertiary/aromatic N) is 5. The minimum Gasteiger partial charge on any atom is -0.496 e. The molecule has 4 rings (SSSR count). The van der Waals surface area contributed by atoms with E-state index >= 15 is 0 Å². The molecule has 3 aromatic rings. The molecule has 1 aliphatic rings. The molecule has 51 heavy (non-hydrogen) atoms. The van der Waals surface area contributed by atoms with E-state index in [-0.39, 0.29) is 36.2 Å². The maximum Gasteiger partial charge on any atom is 0.321 e. The van der Waals surface area contributed by atoms with Crippen LogP contribution in [0.3, 0.4) is 0 Å². The molecule has 1 saturated heterocycles. The average Bonchev–Trinajstić information content (AvgIpc) is 3.50. The highest BCUT2D eigenvalue weighted by atomic mass is 32.2. The number of methoxy groups -OCH3 is 1. The van der Waals surface area contributed by atoms with Gasteiger partial charge in [-0.1, -0.05) is 25.8 Å². The molecular weight excluding hydrogens is 677 g/mol. The fourth-order valence-corrected chi connectivity index (χ4v) is 7.21. The summed E-state index contributed by atoms with van der Waals surface area (Å²) in [5.74, 6) is -1.09. The van der Waals surface area contributed by atoms with Gasteiger partial charge in [0.15, 0.2) is 5.82 Å². The Morgan fingerprint density at radius 3 is 2.47 bits per heavy atom. The van der Waals surface area contributed by atoms with Crippen molar-refractivity contribution in [2.24, 2.45) is 5.73 Å². The smallest absolute Gasteiger partial charge is 0.321 e. The molecule has 0 radical (unpaired) electrons. The maximum atomic E-state index is 13.0. The van der Waals surface area contributed by atoms with Crippen molar-refractivity contribution >= 4 is 58.2 Å². The van der Waals surface area contributed by atoms with Crippen molar-refractivity contribution in [2.45, 2.75) is 76.3 Å². The number of carboxylic acids is 2. The van der Waals surface area contributed by atoms with Gasteiger partial charge in [-0.05, 0) is 36.6 Å². The van der Waals surface area contributed by atoms with Crippen molar-refractivity contribution < 1.29 is 34.1 Å². The first kappa shape index (κ1) is 39.4. The number of benzene rings is 1. The molecular formula is C35H50N8O7S. The standard InChI is InChI=1S/C35H50N8O7S/c1-3-4-5-12-38-33-32-26(39-35(37)40-33)11-13-43(32)21-24-18-23(9-10-28(24)50-2)20-41-14-16-42(17-15-41)30(45)8-6-7-27(44)29(19-31(46)47)51-22-25(36)34(48)49/h9-11,13,18,25,29H,3-8,12,14-17,19-22,36H2,1-2H3,(H,46,47)(H,48,49)(H3,37,38,39,40)/t25-,29?/m0/s1. The summed E-state index contributed by atoms with van der Waals surface area (Å²) in [6.07, 6.45) is 5.36. The Kier molecular flexibility index (Phi) is 14.9. The Labute approximate surface area is 302 Å². The van der Waals surface area contributed by atoms with Gasteiger partial charge in [0.1, 0.15) is 23.1 Å². The van der Waals surface area contributed by atoms with Crippen molar-refractivity contribution in [3.05, 3.63) is 41.6 Å². The highest BCUT2D eigenvalue weighted by Gasteiger charge is 2.26. The molecule has 0 bridgehead atoms. The fraction of sp³-hybridized carbons (Fsp3) is 0.543. The molecule has 278 valence electrons. The molecule has 1 aliphatic heterocycles. The van der Waals surface area contributed by atoms with Gasteiger partial charge in [-0.3, -0.25) is 24.1 Å². The van der Waals surface area contributed by atoms with Crippen LogP contribution in [0.2, 0.25) is 0 Å². The van der Waals surface area contributed by atoms with E-state index in [9.17, 15) is 24.3 Å². The second-order valence-electron chi connectivity index (χ2n) is 12.7. The number of unbranched alkanes of at least 4 members (excludes halogenated alkanes) is 2. The highest BCUT2D eigenvalue weighted by Crippen LogP contribution is 2.28. The molecule has 7 N–H and O–H groups in total. The van der Waals surface area contributed by atoms with Crippen LogP contribution < -0.4 is 21.5 Å². The topological polar surface area (TPSA) is 219 Å². The summed E-state index contributed by atoms with van der Waals surface area (Å²) in [7, 11) is 1.66. The minimum atomic E-state index is -1.22. The number of aromatic nitrogens is 3. The highest BCUT2D eigenvalue weighted by molar-refractivity contribution is 8.00. The quantitative estimate of drug-likeness (QED) is 0.0997. The number of amides is 1. The lowest BCUT2D eigenvalue weighted by Gasteiger charge is -2.35. The van der Waals surface area contributed by atoms with Gasteiger partial charge in [-0.15, -0.1) is 11.8 Å². The average molecular weight is 727 g/mol. The van der Waals surface area contributed by atoms with Gasteiger partial charge in [-0.2, -0.15) is 4.98 Å². The number of nitrogens with two attached hydrogens (primary N) is 2. The molecule has 1 fully saturated rings. The third-order valence-electron chi connectivity index (χ3n) is 8.84. The van der Waals surface area contributed by atoms with E-state index in [4.69, 9.17) is 21.3 Å². The number of carbonyl (C=O) groups excluding carboxylic acids is 2. The van der Waals surface area contributed by atoms with Crippen molar-refractivity contribution in [2.75, 3.05) is 56.6 Å². The summed E-state index contributed by atoms with van der Waals surface area (Å²) in [5.41, 5.74) is 15.3. The predicted octanol–water partition coefficient (Wildman–Crippen LogP) is 3.04. The van der Waals surface area contributed by atoms with Gasteiger partial charge in [-0.25, -0.2) is 4.98 Å². The SMILES string of the molecule is CCCCCNc1nc(N)nc2ccn(Cc3cc(CN4CCN(C(=O)CCCC(=O)C(CC(=O)O)SC[C@H](N)C(=O)O)CC4)ccc3OC)c12. The second kappa shape index (κ2) is 19.3. The number of rotatable bonds is 21. The molecule has 0 saturated carbocycles. The molecule has 16 heteroatoms. The van der Waals surface area contributed by atoms with E-state index in [2.05, 4.69) is 43.8 Å². The van der Waals surface area contributed by atoms with Crippen LogP contribution in [0.4, 0.5) is 11.8 Å². The zero-order valence-electron chi connectivity index (χ0n) is 29.4. The number of carbonyl (C=O) groups is 4. The van der Waals surface area contributed by atoms with Gasteiger partial charge < -0.3 is 41.2 Å². The van der Waals surface area contributed by atoms with E-state index in [1.807, 2.05) is 18.3 Å². The molecule has 1 aromatic carbocycles. The largest absolute Gasteiger partial charge is 0.496 e. The third-order valence-corrected chi connectivity index (χ3v) is 10.2. The first-order chi connectivity index (χ1) is 24.5. The van der Waals surface area contributed by atoms with Crippen LogP contribution in [0, 0.1) is 0 Å². The summed E-state index contributed by atoms with van der Waals surface area (Å²) in [4.78, 5) is 60.9. The minimum absolute atomic E-state index is 0.0371. The molecule has 2 atom stereocenters. The van der Waals surface area contributed by atoms with E-state index in [0.717, 1.165) is 65.5 Å². The molecule has 1 amide bonds. The van der Waals surface area contributed by atoms with Gasteiger partial charge in [0.05, 0.1) is 30.8 Å². The number of aliphatic carboxylic acids is 2. The Balaban J connectivity index is 1.30. The molecule has 1 unspecified atom stereocenters. The Morgan fingerprint density at radius 2 is 1.78 bits per heavy atom. The van der Waals surface area contributed by atoms with Crippen LogP contribution in [0.25, 0.3) is 11.0 Å². The number of thioether (sulfide) groups is 1. The number of fused-ring (bicyclic) bond motifs is 1. The van der Waals surface area contributed by atoms with Crippen molar-refractivity contribution in [3.8, 4) is 5.75 Å². The number of ketones is 1. The summed E-state index contributed by atoms with van der Waals surface area (Å²) < 4.78 is 7.83. The lowest BCUT2D eigenvalue weighted by Crippen LogP contribution is -2.48. The number of hydrogen-bond donors (Lipinski definition) is 5. The fourth-order valence-electron chi connectivity index (χ4n) is 6.06. The number of nitrogens with one attached hydrogen (secondary N) is 1. The third kappa shape index (κ3) is 11.6. The van der Waals surface area contributed by atoms with E-state index < -0.39 is 29.7 Å². The molecule has 15 nitrogen and oxygen atoms in total. The van der Waals surface area contributed by atoms with Gasteiger partial charge in [0, 0.05) is 69.6 Å². The lowest BCUT2D eigenvalue weighted by molar-refractivity contribution is -0.138. The number of hydrogen-bond acceptors (Lipinski definition) is 12. The predicted molar refractivity (Wildman–Crippen MR) is 197 cm³/mol. The van der Waals surface area contributed by atoms with Crippen molar-refractivity contribution in [3.63, 3.8) is 0 Å². The number of piperazine rings is 1. The Bertz CT molecular complexity index is 1660. The van der Waals surface area contributed by atoms with Crippen molar-refractivity contribution in [1.29, 1.82) is 0 Å². The van der Waals surface area contributed by atoms with E-state index in [0.29, 0.717) is 51.5 Å². The van der Waals surface area contributed by atoms with E-state index in [1.165, 1.54) is 0 Å². The monoisotopic (exact) mass is 726 g/mol. The van der Waals surface area contributed by atoms with E-state index in [1.54, 1.807) is 12.0 Å². The maximum absolute atomic E-state index is 13.0.